The van der Waals surface area contributed by atoms with Crippen molar-refractivity contribution in [1.29, 1.82) is 0 Å². The Hall–Kier alpha value is -1.67. The largest absolute Gasteiger partial charge is 0.488 e. The molecule has 152 valence electrons. The second kappa shape index (κ2) is 8.78. The predicted octanol–water partition coefficient (Wildman–Crippen LogP) is 3.05. The highest BCUT2D eigenvalue weighted by Gasteiger charge is 2.28. The summed E-state index contributed by atoms with van der Waals surface area (Å²) < 4.78 is 17.1. The van der Waals surface area contributed by atoms with Crippen molar-refractivity contribution in [2.75, 3.05) is 51.9 Å². The molecular weight excluding hydrogens is 376 g/mol. The van der Waals surface area contributed by atoms with Crippen molar-refractivity contribution in [1.82, 2.24) is 9.80 Å². The summed E-state index contributed by atoms with van der Waals surface area (Å²) in [5, 5.41) is 11.0. The van der Waals surface area contributed by atoms with Crippen LogP contribution in [0.1, 0.15) is 12.7 Å². The Morgan fingerprint density at radius 1 is 1.21 bits per heavy atom. The first kappa shape index (κ1) is 19.6. The van der Waals surface area contributed by atoms with E-state index in [1.807, 2.05) is 31.2 Å². The molecule has 2 aromatic rings. The third-order valence-electron chi connectivity index (χ3n) is 5.42. The number of aliphatic hydroxyl groups is 1. The van der Waals surface area contributed by atoms with Crippen LogP contribution in [0.25, 0.3) is 11.0 Å². The maximum atomic E-state index is 9.96. The molecule has 3 heterocycles. The molecule has 1 atom stereocenters. The van der Waals surface area contributed by atoms with Gasteiger partial charge < -0.3 is 23.9 Å². The van der Waals surface area contributed by atoms with Gasteiger partial charge in [-0.15, -0.1) is 11.8 Å². The summed E-state index contributed by atoms with van der Waals surface area (Å²) in [6, 6.07) is 8.06. The molecule has 7 heteroatoms. The Balaban J connectivity index is 1.38. The molecule has 0 amide bonds. The van der Waals surface area contributed by atoms with Gasteiger partial charge in [-0.05, 0) is 38.1 Å². The van der Waals surface area contributed by atoms with Crippen LogP contribution >= 0.6 is 11.8 Å². The van der Waals surface area contributed by atoms with Gasteiger partial charge in [-0.25, -0.2) is 0 Å². The first-order chi connectivity index (χ1) is 13.6. The lowest BCUT2D eigenvalue weighted by Crippen LogP contribution is -2.47. The van der Waals surface area contributed by atoms with Gasteiger partial charge in [0.1, 0.15) is 23.7 Å². The van der Waals surface area contributed by atoms with Gasteiger partial charge in [-0.1, -0.05) is 0 Å². The van der Waals surface area contributed by atoms with Crippen molar-refractivity contribution in [2.45, 2.75) is 19.9 Å². The van der Waals surface area contributed by atoms with E-state index in [0.29, 0.717) is 6.61 Å². The molecule has 0 spiro atoms. The highest BCUT2D eigenvalue weighted by molar-refractivity contribution is 8.03. The van der Waals surface area contributed by atoms with Crippen LogP contribution in [-0.2, 0) is 4.74 Å². The van der Waals surface area contributed by atoms with Gasteiger partial charge in [0.15, 0.2) is 0 Å². The number of benzene rings is 1. The van der Waals surface area contributed by atoms with Gasteiger partial charge in [-0.2, -0.15) is 0 Å². The monoisotopic (exact) mass is 404 g/mol. The first-order valence-corrected chi connectivity index (χ1v) is 10.8. The third kappa shape index (κ3) is 4.33. The van der Waals surface area contributed by atoms with Crippen LogP contribution in [-0.4, -0.2) is 72.9 Å². The van der Waals surface area contributed by atoms with Crippen molar-refractivity contribution in [3.8, 4) is 5.75 Å². The fourth-order valence-corrected chi connectivity index (χ4v) is 4.93. The van der Waals surface area contributed by atoms with E-state index >= 15 is 0 Å². The normalized spacial score (nSPS) is 19.6. The Morgan fingerprint density at radius 3 is 2.82 bits per heavy atom. The number of hydrogen-bond acceptors (Lipinski definition) is 7. The number of morpholine rings is 1. The van der Waals surface area contributed by atoms with E-state index < -0.39 is 0 Å². The van der Waals surface area contributed by atoms with Crippen LogP contribution in [0.2, 0.25) is 0 Å². The number of hydrogen-bond donors (Lipinski definition) is 1. The number of thioether (sulfide) groups is 1. The molecule has 0 saturated carbocycles. The van der Waals surface area contributed by atoms with Crippen LogP contribution in [0.15, 0.2) is 39.3 Å². The Labute approximate surface area is 170 Å². The fourth-order valence-electron chi connectivity index (χ4n) is 3.76. The average Bonchev–Trinajstić information content (AvgIpc) is 3.26. The van der Waals surface area contributed by atoms with Gasteiger partial charge in [0, 0.05) is 35.6 Å². The minimum atomic E-state index is 0.105. The fraction of sp³-hybridized carbons (Fsp3) is 0.524. The first-order valence-electron chi connectivity index (χ1n) is 9.77. The highest BCUT2D eigenvalue weighted by atomic mass is 32.2. The van der Waals surface area contributed by atoms with E-state index in [0.717, 1.165) is 61.2 Å². The van der Waals surface area contributed by atoms with E-state index in [4.69, 9.17) is 13.9 Å². The summed E-state index contributed by atoms with van der Waals surface area (Å²) in [5.74, 6) is 2.61. The molecule has 1 aromatic heterocycles. The van der Waals surface area contributed by atoms with Gasteiger partial charge >= 0.3 is 0 Å². The number of aliphatic hydroxyl groups excluding tert-OH is 1. The molecule has 2 aliphatic rings. The molecule has 0 bridgehead atoms. The van der Waals surface area contributed by atoms with E-state index in [2.05, 4.69) is 16.7 Å². The lowest BCUT2D eigenvalue weighted by atomic mass is 10.2. The summed E-state index contributed by atoms with van der Waals surface area (Å²) in [5.41, 5.74) is 2.09. The Bertz CT molecular complexity index is 844. The molecule has 6 nitrogen and oxygen atoms in total. The smallest absolute Gasteiger partial charge is 0.134 e. The quantitative estimate of drug-likeness (QED) is 0.761. The minimum Gasteiger partial charge on any atom is -0.488 e. The van der Waals surface area contributed by atoms with Crippen molar-refractivity contribution >= 4 is 22.7 Å². The topological polar surface area (TPSA) is 58.3 Å². The van der Waals surface area contributed by atoms with Crippen LogP contribution in [0, 0.1) is 6.92 Å². The van der Waals surface area contributed by atoms with E-state index in [9.17, 15) is 5.11 Å². The van der Waals surface area contributed by atoms with E-state index in [-0.39, 0.29) is 12.6 Å². The zero-order valence-electron chi connectivity index (χ0n) is 16.5. The summed E-state index contributed by atoms with van der Waals surface area (Å²) in [6.45, 7) is 9.07. The maximum absolute atomic E-state index is 9.96. The Kier molecular flexibility index (Phi) is 6.16. The molecule has 0 aliphatic carbocycles. The predicted molar refractivity (Wildman–Crippen MR) is 112 cm³/mol. The van der Waals surface area contributed by atoms with Crippen molar-refractivity contribution in [3.05, 3.63) is 40.6 Å². The number of ether oxygens (including phenoxy) is 2. The molecule has 1 unspecified atom stereocenters. The summed E-state index contributed by atoms with van der Waals surface area (Å²) >= 11 is 1.80. The number of fused-ring (bicyclic) bond motifs is 1. The number of aryl methyl sites for hydroxylation is 1. The summed E-state index contributed by atoms with van der Waals surface area (Å²) in [7, 11) is 0. The van der Waals surface area contributed by atoms with E-state index in [1.54, 1.807) is 11.8 Å². The maximum Gasteiger partial charge on any atom is 0.134 e. The Morgan fingerprint density at radius 2 is 2.04 bits per heavy atom. The third-order valence-corrected chi connectivity index (χ3v) is 6.59. The van der Waals surface area contributed by atoms with Crippen LogP contribution < -0.4 is 4.74 Å². The zero-order valence-corrected chi connectivity index (χ0v) is 17.3. The molecule has 1 fully saturated rings. The standard InChI is InChI=1S/C21H28N2O4S/c1-15-9-17-10-19(3-4-20(17)27-15)26-13-21-16(2)23(14-28-21)18(12-24)11-22-5-7-25-8-6-22/h3-4,9-10,18,24H,5-8,11-14H2,1-2H3. The van der Waals surface area contributed by atoms with Gasteiger partial charge in [0.25, 0.3) is 0 Å². The molecule has 1 aromatic carbocycles. The molecule has 4 rings (SSSR count). The second-order valence-corrected chi connectivity index (χ2v) is 8.39. The van der Waals surface area contributed by atoms with Gasteiger partial charge in [0.2, 0.25) is 0 Å². The lowest BCUT2D eigenvalue weighted by molar-refractivity contribution is 0.0207. The van der Waals surface area contributed by atoms with Crippen LogP contribution in [0.5, 0.6) is 5.75 Å². The van der Waals surface area contributed by atoms with Gasteiger partial charge in [0.05, 0.1) is 31.7 Å². The molecule has 28 heavy (non-hydrogen) atoms. The molecular formula is C21H28N2O4S. The van der Waals surface area contributed by atoms with Crippen LogP contribution in [0.3, 0.4) is 0 Å². The summed E-state index contributed by atoms with van der Waals surface area (Å²) in [6.07, 6.45) is 0. The zero-order chi connectivity index (χ0) is 19.5. The number of nitrogens with zero attached hydrogens (tertiary/aromatic N) is 2. The number of rotatable bonds is 7. The molecule has 1 saturated heterocycles. The highest BCUT2D eigenvalue weighted by Crippen LogP contribution is 2.34. The number of furan rings is 1. The minimum absolute atomic E-state index is 0.105. The van der Waals surface area contributed by atoms with Gasteiger partial charge in [-0.3, -0.25) is 4.90 Å². The van der Waals surface area contributed by atoms with Crippen molar-refractivity contribution in [3.63, 3.8) is 0 Å². The molecule has 0 radical (unpaired) electrons. The number of allylic oxidation sites excluding steroid dienone is 1. The SMILES string of the molecule is CC1=C(COc2ccc3oc(C)cc3c2)SCN1C(CO)CN1CCOCC1. The average molecular weight is 405 g/mol. The van der Waals surface area contributed by atoms with Crippen molar-refractivity contribution < 1.29 is 19.0 Å². The van der Waals surface area contributed by atoms with Crippen LogP contribution in [0.4, 0.5) is 0 Å². The van der Waals surface area contributed by atoms with Crippen molar-refractivity contribution in [2.24, 2.45) is 0 Å². The second-order valence-electron chi connectivity index (χ2n) is 7.35. The summed E-state index contributed by atoms with van der Waals surface area (Å²) in [4.78, 5) is 5.91. The molecule has 2 aliphatic heterocycles. The van der Waals surface area contributed by atoms with E-state index in [1.165, 1.54) is 10.6 Å². The molecule has 1 N–H and O–H groups in total. The lowest BCUT2D eigenvalue weighted by Gasteiger charge is -2.35.